The van der Waals surface area contributed by atoms with Crippen LogP contribution in [0.4, 0.5) is 0 Å². The van der Waals surface area contributed by atoms with E-state index in [9.17, 15) is 56.2 Å². The summed E-state index contributed by atoms with van der Waals surface area (Å²) in [4.78, 5) is 0. The molecule has 6 unspecified atom stereocenters. The van der Waals surface area contributed by atoms with Crippen LogP contribution in [0.15, 0.2) is 0 Å². The average molecular weight is 504 g/mol. The van der Waals surface area contributed by atoms with Gasteiger partial charge in [-0.05, 0) is 0 Å². The van der Waals surface area contributed by atoms with Crippen LogP contribution in [0.3, 0.4) is 0 Å². The van der Waals surface area contributed by atoms with Crippen molar-refractivity contribution in [1.29, 1.82) is 0 Å². The van der Waals surface area contributed by atoms with Gasteiger partial charge in [-0.25, -0.2) is 0 Å². The number of aliphatic hydroxyl groups is 11. The molecular formula is C18H32O16. The van der Waals surface area contributed by atoms with Crippen LogP contribution in [0.2, 0.25) is 0 Å². The molecule has 16 nitrogen and oxygen atoms in total. The fourth-order valence-corrected chi connectivity index (χ4v) is 3.95. The van der Waals surface area contributed by atoms with E-state index in [2.05, 4.69) is 0 Å². The first-order valence-electron chi connectivity index (χ1n) is 10.6. The molecule has 3 saturated heterocycles. The molecule has 3 aliphatic rings. The molecular weight excluding hydrogens is 472 g/mol. The van der Waals surface area contributed by atoms with Gasteiger partial charge in [0.05, 0.1) is 19.8 Å². The van der Waals surface area contributed by atoms with Crippen molar-refractivity contribution in [3.63, 3.8) is 0 Å². The predicted octanol–water partition coefficient (Wildman–Crippen LogP) is -7.57. The average Bonchev–Trinajstić information content (AvgIpc) is 2.82. The maximum Gasteiger partial charge on any atom is 0.187 e. The summed E-state index contributed by atoms with van der Waals surface area (Å²) in [5, 5.41) is 109. The van der Waals surface area contributed by atoms with Crippen molar-refractivity contribution < 1.29 is 79.9 Å². The second-order valence-corrected chi connectivity index (χ2v) is 8.37. The Bertz CT molecular complexity index is 637. The Labute approximate surface area is 192 Å². The molecule has 34 heavy (non-hydrogen) atoms. The van der Waals surface area contributed by atoms with Gasteiger partial charge < -0.3 is 79.9 Å². The molecule has 0 spiro atoms. The lowest BCUT2D eigenvalue weighted by Gasteiger charge is -2.45. The fourth-order valence-electron chi connectivity index (χ4n) is 3.95. The van der Waals surface area contributed by atoms with E-state index in [1.54, 1.807) is 0 Å². The fraction of sp³-hybridized carbons (Fsp3) is 1.00. The summed E-state index contributed by atoms with van der Waals surface area (Å²) in [6.07, 6.45) is -24.9. The Kier molecular flexibility index (Phi) is 9.54. The van der Waals surface area contributed by atoms with Crippen molar-refractivity contribution in [2.45, 2.75) is 92.1 Å². The molecule has 0 aliphatic carbocycles. The summed E-state index contributed by atoms with van der Waals surface area (Å²) in [6, 6.07) is 0. The SMILES string of the molecule is OCC1O[C@H](OCC2OC(O[C@H]3C(O)C(O)[C@H](O)O[C@H]3CO)[C@H](O)[C@@H](O)[C@@H]2O)C(O)[C@@H](O)[C@H]1O. The summed E-state index contributed by atoms with van der Waals surface area (Å²) in [7, 11) is 0. The van der Waals surface area contributed by atoms with Gasteiger partial charge in [-0.2, -0.15) is 0 Å². The van der Waals surface area contributed by atoms with Gasteiger partial charge in [0.1, 0.15) is 73.2 Å². The maximum atomic E-state index is 10.3. The van der Waals surface area contributed by atoms with Crippen LogP contribution in [0.5, 0.6) is 0 Å². The van der Waals surface area contributed by atoms with Crippen LogP contribution < -0.4 is 0 Å². The van der Waals surface area contributed by atoms with Crippen molar-refractivity contribution in [3.8, 4) is 0 Å². The van der Waals surface area contributed by atoms with Crippen molar-refractivity contribution in [2.75, 3.05) is 19.8 Å². The summed E-state index contributed by atoms with van der Waals surface area (Å²) in [6.45, 7) is -2.07. The van der Waals surface area contributed by atoms with Gasteiger partial charge >= 0.3 is 0 Å². The normalized spacial score (nSPS) is 52.5. The molecule has 3 fully saturated rings. The summed E-state index contributed by atoms with van der Waals surface area (Å²) in [5.41, 5.74) is 0. The number of rotatable bonds is 7. The zero-order chi connectivity index (χ0) is 25.3. The van der Waals surface area contributed by atoms with E-state index in [1.165, 1.54) is 0 Å². The van der Waals surface area contributed by atoms with E-state index < -0.39 is 112 Å². The number of ether oxygens (including phenoxy) is 5. The Morgan fingerprint density at radius 2 is 1.03 bits per heavy atom. The first kappa shape index (κ1) is 27.9. The zero-order valence-electron chi connectivity index (χ0n) is 17.7. The van der Waals surface area contributed by atoms with Crippen LogP contribution in [0.1, 0.15) is 0 Å². The third kappa shape index (κ3) is 5.52. The van der Waals surface area contributed by atoms with Crippen molar-refractivity contribution in [2.24, 2.45) is 0 Å². The molecule has 0 radical (unpaired) electrons. The molecule has 11 N–H and O–H groups in total. The molecule has 200 valence electrons. The van der Waals surface area contributed by atoms with Gasteiger partial charge in [0.25, 0.3) is 0 Å². The summed E-state index contributed by atoms with van der Waals surface area (Å²) in [5.74, 6) is 0. The lowest BCUT2D eigenvalue weighted by Crippen LogP contribution is -2.65. The van der Waals surface area contributed by atoms with E-state index in [1.807, 2.05) is 0 Å². The largest absolute Gasteiger partial charge is 0.394 e. The summed E-state index contributed by atoms with van der Waals surface area (Å²) >= 11 is 0. The number of aliphatic hydroxyl groups excluding tert-OH is 11. The Balaban J connectivity index is 1.66. The molecule has 0 amide bonds. The number of hydrogen-bond donors (Lipinski definition) is 11. The third-order valence-electron chi connectivity index (χ3n) is 6.07. The van der Waals surface area contributed by atoms with Crippen LogP contribution in [-0.4, -0.2) is 168 Å². The Morgan fingerprint density at radius 1 is 0.500 bits per heavy atom. The highest BCUT2D eigenvalue weighted by molar-refractivity contribution is 4.94. The molecule has 16 heteroatoms. The highest BCUT2D eigenvalue weighted by Crippen LogP contribution is 2.29. The van der Waals surface area contributed by atoms with Crippen molar-refractivity contribution in [1.82, 2.24) is 0 Å². The lowest BCUT2D eigenvalue weighted by molar-refractivity contribution is -0.362. The van der Waals surface area contributed by atoms with E-state index in [0.717, 1.165) is 0 Å². The smallest absolute Gasteiger partial charge is 0.187 e. The third-order valence-corrected chi connectivity index (χ3v) is 6.07. The monoisotopic (exact) mass is 504 g/mol. The van der Waals surface area contributed by atoms with Gasteiger partial charge in [0.2, 0.25) is 0 Å². The Morgan fingerprint density at radius 3 is 1.62 bits per heavy atom. The van der Waals surface area contributed by atoms with E-state index in [4.69, 9.17) is 23.7 Å². The van der Waals surface area contributed by atoms with Gasteiger partial charge in [-0.1, -0.05) is 0 Å². The molecule has 0 aromatic carbocycles. The maximum absolute atomic E-state index is 10.3. The predicted molar refractivity (Wildman–Crippen MR) is 101 cm³/mol. The second kappa shape index (κ2) is 11.6. The molecule has 3 heterocycles. The zero-order valence-corrected chi connectivity index (χ0v) is 17.7. The van der Waals surface area contributed by atoms with Crippen LogP contribution in [0.25, 0.3) is 0 Å². The number of hydrogen-bond acceptors (Lipinski definition) is 16. The Hall–Kier alpha value is -0.640. The molecule has 3 rings (SSSR count). The topological polar surface area (TPSA) is 269 Å². The molecule has 3 aliphatic heterocycles. The first-order valence-corrected chi connectivity index (χ1v) is 10.6. The van der Waals surface area contributed by atoms with E-state index >= 15 is 0 Å². The minimum Gasteiger partial charge on any atom is -0.394 e. The van der Waals surface area contributed by atoms with E-state index in [-0.39, 0.29) is 0 Å². The summed E-state index contributed by atoms with van der Waals surface area (Å²) < 4.78 is 26.3. The van der Waals surface area contributed by atoms with Gasteiger partial charge in [-0.15, -0.1) is 0 Å². The molecule has 0 aromatic heterocycles. The quantitative estimate of drug-likeness (QED) is 0.154. The second-order valence-electron chi connectivity index (χ2n) is 8.37. The van der Waals surface area contributed by atoms with Crippen LogP contribution in [-0.2, 0) is 23.7 Å². The van der Waals surface area contributed by atoms with Crippen LogP contribution in [0, 0.1) is 0 Å². The molecule has 15 atom stereocenters. The van der Waals surface area contributed by atoms with E-state index in [0.29, 0.717) is 0 Å². The van der Waals surface area contributed by atoms with Crippen molar-refractivity contribution in [3.05, 3.63) is 0 Å². The standard InChI is InChI=1S/C18H32O16/c19-1-4-7(21)9(23)13(27)17(32-4)30-3-6-8(22)10(24)14(28)18(33-6)34-15-5(2-20)31-16(29)12(26)11(15)25/h4-29H,1-3H2/t4?,5-,6?,7-,8+,9-,10-,11?,12?,13?,14+,15+,16+,17-,18?/m0/s1. The van der Waals surface area contributed by atoms with Gasteiger partial charge in [-0.3, -0.25) is 0 Å². The van der Waals surface area contributed by atoms with Gasteiger partial charge in [0.15, 0.2) is 18.9 Å². The molecule has 0 saturated carbocycles. The minimum atomic E-state index is -1.87. The highest BCUT2D eigenvalue weighted by Gasteiger charge is 2.51. The molecule has 0 bridgehead atoms. The highest BCUT2D eigenvalue weighted by atomic mass is 16.7. The lowest BCUT2D eigenvalue weighted by atomic mass is 9.97. The van der Waals surface area contributed by atoms with Crippen LogP contribution >= 0.6 is 0 Å². The van der Waals surface area contributed by atoms with Crippen molar-refractivity contribution >= 4 is 0 Å². The first-order chi connectivity index (χ1) is 16.0. The minimum absolute atomic E-state index is 0.609. The molecule has 0 aromatic rings. The van der Waals surface area contributed by atoms with Gasteiger partial charge in [0, 0.05) is 0 Å².